The summed E-state index contributed by atoms with van der Waals surface area (Å²) in [6.45, 7) is 3.80. The Morgan fingerprint density at radius 2 is 2.05 bits per heavy atom. The lowest BCUT2D eigenvalue weighted by Crippen LogP contribution is -2.15. The highest BCUT2D eigenvalue weighted by Crippen LogP contribution is 2.17. The Morgan fingerprint density at radius 1 is 1.24 bits per heavy atom. The summed E-state index contributed by atoms with van der Waals surface area (Å²) in [5, 5.41) is 7.16. The fourth-order valence-electron chi connectivity index (χ4n) is 2.12. The van der Waals surface area contributed by atoms with Gasteiger partial charge in [0.1, 0.15) is 5.69 Å². The number of rotatable bonds is 2. The number of carbonyl (C=O) groups is 1. The summed E-state index contributed by atoms with van der Waals surface area (Å²) >= 11 is 3.38. The molecule has 3 rings (SSSR count). The van der Waals surface area contributed by atoms with E-state index in [1.807, 2.05) is 44.2 Å². The Kier molecular flexibility index (Phi) is 3.47. The van der Waals surface area contributed by atoms with Gasteiger partial charge in [0, 0.05) is 21.9 Å². The second kappa shape index (κ2) is 5.29. The molecule has 3 aromatic rings. The number of nitrogens with zero attached hydrogens (tertiary/aromatic N) is 3. The van der Waals surface area contributed by atoms with Crippen LogP contribution < -0.4 is 5.32 Å². The van der Waals surface area contributed by atoms with Crippen molar-refractivity contribution in [2.75, 3.05) is 5.32 Å². The number of nitrogens with one attached hydrogen (secondary N) is 1. The molecule has 0 spiro atoms. The van der Waals surface area contributed by atoms with Crippen LogP contribution in [-0.4, -0.2) is 20.5 Å². The number of aryl methyl sites for hydroxylation is 2. The molecule has 1 aromatic carbocycles. The smallest absolute Gasteiger partial charge is 0.274 e. The first-order valence-electron chi connectivity index (χ1n) is 6.44. The van der Waals surface area contributed by atoms with Crippen molar-refractivity contribution in [2.24, 2.45) is 0 Å². The van der Waals surface area contributed by atoms with Crippen LogP contribution in [0.25, 0.3) is 5.65 Å². The monoisotopic (exact) mass is 344 g/mol. The topological polar surface area (TPSA) is 59.3 Å². The van der Waals surface area contributed by atoms with E-state index >= 15 is 0 Å². The van der Waals surface area contributed by atoms with Gasteiger partial charge in [0.15, 0.2) is 5.65 Å². The average Bonchev–Trinajstić information content (AvgIpc) is 2.79. The van der Waals surface area contributed by atoms with Crippen molar-refractivity contribution in [3.05, 3.63) is 58.0 Å². The molecule has 1 amide bonds. The minimum Gasteiger partial charge on any atom is -0.321 e. The van der Waals surface area contributed by atoms with Gasteiger partial charge in [0.25, 0.3) is 5.91 Å². The highest BCUT2D eigenvalue weighted by molar-refractivity contribution is 9.10. The second-order valence-electron chi connectivity index (χ2n) is 4.80. The number of halogens is 1. The first-order chi connectivity index (χ1) is 10.0. The van der Waals surface area contributed by atoms with Crippen molar-refractivity contribution in [2.45, 2.75) is 13.8 Å². The highest BCUT2D eigenvalue weighted by atomic mass is 79.9. The van der Waals surface area contributed by atoms with E-state index in [4.69, 9.17) is 0 Å². The van der Waals surface area contributed by atoms with Crippen LogP contribution in [0, 0.1) is 13.8 Å². The summed E-state index contributed by atoms with van der Waals surface area (Å²) in [6.07, 6.45) is 0. The maximum absolute atomic E-state index is 12.3. The maximum Gasteiger partial charge on any atom is 0.274 e. The van der Waals surface area contributed by atoms with Crippen LogP contribution >= 0.6 is 15.9 Å². The van der Waals surface area contributed by atoms with Gasteiger partial charge in [-0.1, -0.05) is 22.0 Å². The number of aromatic nitrogens is 3. The van der Waals surface area contributed by atoms with Crippen molar-refractivity contribution in [1.82, 2.24) is 14.6 Å². The normalized spacial score (nSPS) is 10.8. The number of carbonyl (C=O) groups excluding carboxylic acids is 1. The Morgan fingerprint density at radius 3 is 2.81 bits per heavy atom. The zero-order valence-electron chi connectivity index (χ0n) is 11.6. The third kappa shape index (κ3) is 2.80. The molecule has 0 aliphatic carbocycles. The van der Waals surface area contributed by atoms with Crippen LogP contribution in [0.2, 0.25) is 0 Å². The molecule has 2 heterocycles. The highest BCUT2D eigenvalue weighted by Gasteiger charge is 2.12. The van der Waals surface area contributed by atoms with Crippen LogP contribution in [0.15, 0.2) is 40.9 Å². The molecule has 0 saturated heterocycles. The van der Waals surface area contributed by atoms with Crippen LogP contribution in [0.5, 0.6) is 0 Å². The summed E-state index contributed by atoms with van der Waals surface area (Å²) in [7, 11) is 0. The summed E-state index contributed by atoms with van der Waals surface area (Å²) in [6, 6.07) is 11.0. The minimum absolute atomic E-state index is 0.238. The zero-order valence-corrected chi connectivity index (χ0v) is 13.2. The number of hydrogen-bond acceptors (Lipinski definition) is 3. The number of fused-ring (bicyclic) bond motifs is 1. The van der Waals surface area contributed by atoms with Gasteiger partial charge in [0.2, 0.25) is 0 Å². The first-order valence-corrected chi connectivity index (χ1v) is 7.23. The van der Waals surface area contributed by atoms with E-state index in [9.17, 15) is 4.79 Å². The molecule has 0 radical (unpaired) electrons. The Bertz CT molecular complexity index is 841. The Labute approximate surface area is 130 Å². The summed E-state index contributed by atoms with van der Waals surface area (Å²) < 4.78 is 2.64. The van der Waals surface area contributed by atoms with Crippen molar-refractivity contribution in [1.29, 1.82) is 0 Å². The second-order valence-corrected chi connectivity index (χ2v) is 5.72. The number of anilines is 1. The molecule has 0 bridgehead atoms. The van der Waals surface area contributed by atoms with Gasteiger partial charge < -0.3 is 5.32 Å². The van der Waals surface area contributed by atoms with Crippen LogP contribution in [0.4, 0.5) is 5.69 Å². The van der Waals surface area contributed by atoms with Gasteiger partial charge in [-0.15, -0.1) is 0 Å². The molecule has 5 nitrogen and oxygen atoms in total. The molecule has 0 saturated carbocycles. The molecule has 0 atom stereocenters. The molecule has 1 N–H and O–H groups in total. The van der Waals surface area contributed by atoms with Crippen LogP contribution in [0.3, 0.4) is 0 Å². The molecule has 0 aliphatic heterocycles. The molecule has 106 valence electrons. The van der Waals surface area contributed by atoms with E-state index in [0.717, 1.165) is 21.5 Å². The van der Waals surface area contributed by atoms with Crippen molar-refractivity contribution < 1.29 is 4.79 Å². The molecule has 0 unspecified atom stereocenters. The average molecular weight is 345 g/mol. The van der Waals surface area contributed by atoms with Crippen molar-refractivity contribution >= 4 is 33.2 Å². The lowest BCUT2D eigenvalue weighted by atomic mass is 10.3. The quantitative estimate of drug-likeness (QED) is 0.775. The van der Waals surface area contributed by atoms with Crippen molar-refractivity contribution in [3.63, 3.8) is 0 Å². The van der Waals surface area contributed by atoms with E-state index in [0.29, 0.717) is 11.3 Å². The standard InChI is InChI=1S/C15H13BrN4O/c1-9-6-14-18-13(7-10(2)20(14)19-9)15(21)17-12-5-3-4-11(16)8-12/h3-8H,1-2H3,(H,17,21). The third-order valence-corrected chi connectivity index (χ3v) is 3.54. The largest absolute Gasteiger partial charge is 0.321 e. The molecular weight excluding hydrogens is 332 g/mol. The predicted octanol–water partition coefficient (Wildman–Crippen LogP) is 3.36. The lowest BCUT2D eigenvalue weighted by molar-refractivity contribution is 0.102. The predicted molar refractivity (Wildman–Crippen MR) is 84.6 cm³/mol. The molecule has 2 aromatic heterocycles. The van der Waals surface area contributed by atoms with E-state index < -0.39 is 0 Å². The Hall–Kier alpha value is -2.21. The lowest BCUT2D eigenvalue weighted by Gasteiger charge is -2.06. The van der Waals surface area contributed by atoms with Gasteiger partial charge in [-0.2, -0.15) is 5.10 Å². The SMILES string of the molecule is Cc1cc2nc(C(=O)Nc3cccc(Br)c3)cc(C)n2n1. The van der Waals surface area contributed by atoms with Crippen LogP contribution in [0.1, 0.15) is 21.9 Å². The first kappa shape index (κ1) is 13.8. The van der Waals surface area contributed by atoms with Gasteiger partial charge >= 0.3 is 0 Å². The van der Waals surface area contributed by atoms with Crippen molar-refractivity contribution in [3.8, 4) is 0 Å². The summed E-state index contributed by atoms with van der Waals surface area (Å²) in [4.78, 5) is 16.7. The van der Waals surface area contributed by atoms with Gasteiger partial charge in [-0.05, 0) is 38.1 Å². The number of amides is 1. The Balaban J connectivity index is 1.94. The van der Waals surface area contributed by atoms with Gasteiger partial charge in [0.05, 0.1) is 5.69 Å². The fourth-order valence-corrected chi connectivity index (χ4v) is 2.52. The zero-order chi connectivity index (χ0) is 15.0. The number of hydrogen-bond donors (Lipinski definition) is 1. The van der Waals surface area contributed by atoms with E-state index in [-0.39, 0.29) is 5.91 Å². The van der Waals surface area contributed by atoms with Gasteiger partial charge in [-0.3, -0.25) is 4.79 Å². The molecule has 6 heteroatoms. The van der Waals surface area contributed by atoms with E-state index in [1.165, 1.54) is 0 Å². The molecule has 0 fully saturated rings. The summed E-state index contributed by atoms with van der Waals surface area (Å²) in [5.41, 5.74) is 3.51. The summed E-state index contributed by atoms with van der Waals surface area (Å²) in [5.74, 6) is -0.238. The molecule has 21 heavy (non-hydrogen) atoms. The minimum atomic E-state index is -0.238. The molecule has 0 aliphatic rings. The maximum atomic E-state index is 12.3. The number of benzene rings is 1. The fraction of sp³-hybridized carbons (Fsp3) is 0.133. The van der Waals surface area contributed by atoms with Gasteiger partial charge in [-0.25, -0.2) is 9.50 Å². The van der Waals surface area contributed by atoms with E-state index in [2.05, 4.69) is 31.3 Å². The van der Waals surface area contributed by atoms with Crippen LogP contribution in [-0.2, 0) is 0 Å². The van der Waals surface area contributed by atoms with E-state index in [1.54, 1.807) is 10.6 Å². The molecular formula is C15H13BrN4O. The third-order valence-electron chi connectivity index (χ3n) is 3.04.